The largest absolute Gasteiger partial charge is 0.458 e. The van der Waals surface area contributed by atoms with Gasteiger partial charge in [0, 0.05) is 12.1 Å². The summed E-state index contributed by atoms with van der Waals surface area (Å²) in [7, 11) is 0. The van der Waals surface area contributed by atoms with Gasteiger partial charge in [-0.2, -0.15) is 0 Å². The highest BCUT2D eigenvalue weighted by molar-refractivity contribution is 5.94. The molecule has 0 saturated heterocycles. The molecule has 2 aromatic rings. The number of non-ortho nitro benzene ring substituents is 1. The molecule has 1 aromatic heterocycles. The molecule has 0 aliphatic heterocycles. The van der Waals surface area contributed by atoms with Crippen molar-refractivity contribution in [3.63, 3.8) is 0 Å². The minimum absolute atomic E-state index is 0.153. The van der Waals surface area contributed by atoms with Crippen LogP contribution in [0.15, 0.2) is 38.4 Å². The summed E-state index contributed by atoms with van der Waals surface area (Å²) in [6.07, 6.45) is -0.456. The number of hydrogen-bond donors (Lipinski definition) is 1. The Bertz CT molecular complexity index is 862. The molecule has 1 heterocycles. The van der Waals surface area contributed by atoms with Crippen molar-refractivity contribution in [3.8, 4) is 11.1 Å². The molecule has 0 unspecified atom stereocenters. The quantitative estimate of drug-likeness (QED) is 0.390. The monoisotopic (exact) mass is 320 g/mol. The van der Waals surface area contributed by atoms with E-state index in [4.69, 9.17) is 4.74 Å². The predicted octanol–water partition coefficient (Wildman–Crippen LogP) is 1.47. The molecule has 0 bridgehead atoms. The first-order chi connectivity index (χ1) is 10.8. The Morgan fingerprint density at radius 2 is 1.87 bits per heavy atom. The van der Waals surface area contributed by atoms with Crippen molar-refractivity contribution in [2.45, 2.75) is 20.0 Å². The van der Waals surface area contributed by atoms with Crippen molar-refractivity contribution in [1.29, 1.82) is 0 Å². The van der Waals surface area contributed by atoms with Crippen LogP contribution in [-0.2, 0) is 4.74 Å². The number of hydrogen-bond acceptors (Lipinski definition) is 7. The summed E-state index contributed by atoms with van der Waals surface area (Å²) in [6, 6.07) is 4.82. The number of rotatable bonds is 4. The summed E-state index contributed by atoms with van der Waals surface area (Å²) < 4.78 is 9.39. The van der Waals surface area contributed by atoms with Gasteiger partial charge in [0.05, 0.1) is 16.6 Å². The number of nitrogens with one attached hydrogen (secondary N) is 1. The van der Waals surface area contributed by atoms with E-state index in [-0.39, 0.29) is 22.5 Å². The van der Waals surface area contributed by atoms with Crippen LogP contribution < -0.4 is 11.1 Å². The van der Waals surface area contributed by atoms with Gasteiger partial charge in [-0.1, -0.05) is 0 Å². The molecule has 0 spiro atoms. The average molecular weight is 320 g/mol. The van der Waals surface area contributed by atoms with Crippen LogP contribution in [0.3, 0.4) is 0 Å². The van der Waals surface area contributed by atoms with Crippen LogP contribution in [-0.4, -0.2) is 22.2 Å². The van der Waals surface area contributed by atoms with E-state index >= 15 is 0 Å². The van der Waals surface area contributed by atoms with E-state index in [1.165, 1.54) is 12.1 Å². The summed E-state index contributed by atoms with van der Waals surface area (Å²) >= 11 is 0. The van der Waals surface area contributed by atoms with Crippen LogP contribution in [0.5, 0.6) is 0 Å². The van der Waals surface area contributed by atoms with Crippen molar-refractivity contribution < 1.29 is 19.0 Å². The van der Waals surface area contributed by atoms with Crippen molar-refractivity contribution in [1.82, 2.24) is 5.16 Å². The number of benzene rings is 1. The predicted molar refractivity (Wildman–Crippen MR) is 78.2 cm³/mol. The Hall–Kier alpha value is -3.23. The van der Waals surface area contributed by atoms with E-state index in [1.807, 2.05) is 0 Å². The molecular formula is C14H12N2O7. The first-order valence-corrected chi connectivity index (χ1v) is 6.53. The van der Waals surface area contributed by atoms with Gasteiger partial charge in [0.1, 0.15) is 0 Å². The molecule has 0 fully saturated rings. The molecule has 0 aliphatic rings. The molecule has 0 amide bonds. The fraction of sp³-hybridized carbons (Fsp3) is 0.214. The van der Waals surface area contributed by atoms with E-state index < -0.39 is 28.1 Å². The summed E-state index contributed by atoms with van der Waals surface area (Å²) in [5, 5.41) is 12.8. The van der Waals surface area contributed by atoms with Gasteiger partial charge in [-0.3, -0.25) is 14.9 Å². The smallest absolute Gasteiger partial charge is 0.403 e. The molecular weight excluding hydrogens is 308 g/mol. The summed E-state index contributed by atoms with van der Waals surface area (Å²) in [6.45, 7) is 3.22. The Balaban J connectivity index is 2.62. The van der Waals surface area contributed by atoms with E-state index in [1.54, 1.807) is 13.8 Å². The van der Waals surface area contributed by atoms with E-state index in [0.717, 1.165) is 12.1 Å². The van der Waals surface area contributed by atoms with Gasteiger partial charge in [-0.05, 0) is 31.5 Å². The minimum Gasteiger partial charge on any atom is -0.458 e. The number of ether oxygens (including phenoxy) is 1. The number of H-pyrrole nitrogens is 1. The second-order valence-electron chi connectivity index (χ2n) is 4.83. The lowest BCUT2D eigenvalue weighted by Gasteiger charge is -2.10. The second kappa shape index (κ2) is 6.26. The highest BCUT2D eigenvalue weighted by Crippen LogP contribution is 2.22. The second-order valence-corrected chi connectivity index (χ2v) is 4.83. The third-order valence-corrected chi connectivity index (χ3v) is 2.82. The van der Waals surface area contributed by atoms with Gasteiger partial charge < -0.3 is 9.26 Å². The van der Waals surface area contributed by atoms with Gasteiger partial charge in [-0.25, -0.2) is 14.7 Å². The molecule has 2 rings (SSSR count). The van der Waals surface area contributed by atoms with Crippen molar-refractivity contribution in [3.05, 3.63) is 60.7 Å². The molecule has 0 aliphatic carbocycles. The van der Waals surface area contributed by atoms with Crippen molar-refractivity contribution >= 4 is 11.7 Å². The zero-order chi connectivity index (χ0) is 17.1. The standard InChI is InChI=1S/C14H12N2O7/c1-7(2)22-13(18)11-10(12(17)14(19)23-15-11)8-3-5-9(6-4-8)16(20)21/h3-7,15H,1-2H3. The zero-order valence-electron chi connectivity index (χ0n) is 12.2. The molecule has 0 radical (unpaired) electrons. The summed E-state index contributed by atoms with van der Waals surface area (Å²) in [5.41, 5.74) is -2.88. The Kier molecular flexibility index (Phi) is 4.39. The number of aromatic amines is 1. The summed E-state index contributed by atoms with van der Waals surface area (Å²) in [4.78, 5) is 45.5. The first kappa shape index (κ1) is 16.1. The molecule has 1 aromatic carbocycles. The van der Waals surface area contributed by atoms with Crippen LogP contribution in [0, 0.1) is 10.1 Å². The lowest BCUT2D eigenvalue weighted by Crippen LogP contribution is -2.29. The number of aromatic nitrogens is 1. The van der Waals surface area contributed by atoms with Gasteiger partial charge >= 0.3 is 11.6 Å². The van der Waals surface area contributed by atoms with E-state index in [0.29, 0.717) is 0 Å². The third kappa shape index (κ3) is 3.34. The van der Waals surface area contributed by atoms with Gasteiger partial charge in [0.2, 0.25) is 0 Å². The Labute approximate surface area is 128 Å². The SMILES string of the molecule is CC(C)OC(=O)c1[nH]oc(=O)c(=O)c1-c1ccc([N+](=O)[O-])cc1. The molecule has 23 heavy (non-hydrogen) atoms. The number of nitro benzene ring substituents is 1. The molecule has 0 saturated carbocycles. The van der Waals surface area contributed by atoms with Crippen LogP contribution in [0.4, 0.5) is 5.69 Å². The maximum Gasteiger partial charge on any atom is 0.403 e. The topological polar surface area (TPSA) is 133 Å². The first-order valence-electron chi connectivity index (χ1n) is 6.53. The minimum atomic E-state index is -1.19. The number of carbonyl (C=O) groups is 1. The number of esters is 1. The molecule has 0 atom stereocenters. The zero-order valence-corrected chi connectivity index (χ0v) is 12.2. The van der Waals surface area contributed by atoms with Crippen LogP contribution >= 0.6 is 0 Å². The lowest BCUT2D eigenvalue weighted by molar-refractivity contribution is -0.384. The number of carbonyl (C=O) groups excluding carboxylic acids is 1. The van der Waals surface area contributed by atoms with Gasteiger partial charge in [0.25, 0.3) is 11.1 Å². The fourth-order valence-corrected chi connectivity index (χ4v) is 1.85. The fourth-order valence-electron chi connectivity index (χ4n) is 1.85. The van der Waals surface area contributed by atoms with E-state index in [2.05, 4.69) is 9.68 Å². The number of nitro groups is 1. The normalized spacial score (nSPS) is 10.6. The number of nitrogens with zero attached hydrogens (tertiary/aromatic N) is 1. The Morgan fingerprint density at radius 1 is 1.26 bits per heavy atom. The van der Waals surface area contributed by atoms with Crippen LogP contribution in [0.1, 0.15) is 24.3 Å². The third-order valence-electron chi connectivity index (χ3n) is 2.82. The molecule has 9 nitrogen and oxygen atoms in total. The molecule has 9 heteroatoms. The van der Waals surface area contributed by atoms with Crippen LogP contribution in [0.2, 0.25) is 0 Å². The van der Waals surface area contributed by atoms with Gasteiger partial charge in [0.15, 0.2) is 5.69 Å². The molecule has 1 N–H and O–H groups in total. The summed E-state index contributed by atoms with van der Waals surface area (Å²) in [5.74, 6) is -0.880. The highest BCUT2D eigenvalue weighted by atomic mass is 16.6. The van der Waals surface area contributed by atoms with Crippen molar-refractivity contribution in [2.75, 3.05) is 0 Å². The maximum atomic E-state index is 12.0. The molecule has 120 valence electrons. The maximum absolute atomic E-state index is 12.0. The highest BCUT2D eigenvalue weighted by Gasteiger charge is 2.22. The van der Waals surface area contributed by atoms with Crippen LogP contribution in [0.25, 0.3) is 11.1 Å². The average Bonchev–Trinajstić information content (AvgIpc) is 2.49. The van der Waals surface area contributed by atoms with Gasteiger partial charge in [-0.15, -0.1) is 0 Å². The Morgan fingerprint density at radius 3 is 2.39 bits per heavy atom. The van der Waals surface area contributed by atoms with Crippen molar-refractivity contribution in [2.24, 2.45) is 0 Å². The lowest BCUT2D eigenvalue weighted by atomic mass is 10.0. The van der Waals surface area contributed by atoms with E-state index in [9.17, 15) is 24.5 Å².